The highest BCUT2D eigenvalue weighted by Crippen LogP contribution is 2.19. The molecular weight excluding hydrogens is 282 g/mol. The maximum Gasteiger partial charge on any atom is 0.183 e. The van der Waals surface area contributed by atoms with E-state index in [2.05, 4.69) is 20.6 Å². The highest BCUT2D eigenvalue weighted by molar-refractivity contribution is 7.15. The van der Waals surface area contributed by atoms with Crippen molar-refractivity contribution in [3.8, 4) is 5.69 Å². The van der Waals surface area contributed by atoms with Crippen LogP contribution in [-0.2, 0) is 6.54 Å². The first kappa shape index (κ1) is 12.1. The van der Waals surface area contributed by atoms with Crippen LogP contribution in [0.1, 0.15) is 4.88 Å². The van der Waals surface area contributed by atoms with Gasteiger partial charge in [-0.05, 0) is 24.3 Å². The molecule has 0 saturated carbocycles. The van der Waals surface area contributed by atoms with Crippen molar-refractivity contribution in [2.24, 2.45) is 0 Å². The predicted octanol–water partition coefficient (Wildman–Crippen LogP) is 2.99. The number of aromatic nitrogens is 4. The Morgan fingerprint density at radius 2 is 2.11 bits per heavy atom. The molecule has 2 heterocycles. The molecule has 7 heteroatoms. The lowest BCUT2D eigenvalue weighted by molar-refractivity contribution is 0.803. The first-order valence-corrected chi connectivity index (χ1v) is 6.81. The van der Waals surface area contributed by atoms with Crippen molar-refractivity contribution in [1.29, 1.82) is 0 Å². The summed E-state index contributed by atoms with van der Waals surface area (Å²) in [6.07, 6.45) is 5.24. The molecular formula is C12H10ClN5S. The molecule has 0 saturated heterocycles. The van der Waals surface area contributed by atoms with Gasteiger partial charge in [0, 0.05) is 16.8 Å². The van der Waals surface area contributed by atoms with E-state index in [0.29, 0.717) is 11.0 Å². The van der Waals surface area contributed by atoms with Gasteiger partial charge in [0.25, 0.3) is 0 Å². The molecule has 96 valence electrons. The Hall–Kier alpha value is -1.92. The van der Waals surface area contributed by atoms with Crippen LogP contribution in [0, 0.1) is 0 Å². The number of benzene rings is 1. The van der Waals surface area contributed by atoms with E-state index < -0.39 is 0 Å². The molecule has 2 aromatic heterocycles. The van der Waals surface area contributed by atoms with Crippen LogP contribution < -0.4 is 5.32 Å². The molecule has 1 aromatic carbocycles. The van der Waals surface area contributed by atoms with E-state index in [-0.39, 0.29) is 0 Å². The van der Waals surface area contributed by atoms with Crippen molar-refractivity contribution in [3.05, 3.63) is 52.2 Å². The number of nitrogens with one attached hydrogen (secondary N) is 1. The third kappa shape index (κ3) is 2.91. The van der Waals surface area contributed by atoms with Gasteiger partial charge in [0.15, 0.2) is 4.47 Å². The van der Waals surface area contributed by atoms with Crippen LogP contribution in [0.15, 0.2) is 42.9 Å². The molecule has 3 rings (SSSR count). The Labute approximate surface area is 118 Å². The zero-order valence-electron chi connectivity index (χ0n) is 9.82. The standard InChI is InChI=1S/C12H10ClN5S/c13-12-15-8-11(19-12)7-14-9-1-3-10(4-2-9)18-6-5-16-17-18/h1-6,8,14H,7H2. The van der Waals surface area contributed by atoms with Gasteiger partial charge < -0.3 is 5.32 Å². The molecule has 0 aliphatic carbocycles. The zero-order valence-corrected chi connectivity index (χ0v) is 11.4. The summed E-state index contributed by atoms with van der Waals surface area (Å²) < 4.78 is 2.28. The minimum Gasteiger partial charge on any atom is -0.380 e. The quantitative estimate of drug-likeness (QED) is 0.803. The topological polar surface area (TPSA) is 55.6 Å². The van der Waals surface area contributed by atoms with Crippen LogP contribution >= 0.6 is 22.9 Å². The summed E-state index contributed by atoms with van der Waals surface area (Å²) in [5.74, 6) is 0. The Kier molecular flexibility index (Phi) is 3.43. The molecule has 5 nitrogen and oxygen atoms in total. The van der Waals surface area contributed by atoms with E-state index in [1.807, 2.05) is 30.5 Å². The first-order valence-electron chi connectivity index (χ1n) is 5.62. The first-order chi connectivity index (χ1) is 9.31. The average molecular weight is 292 g/mol. The molecule has 0 fully saturated rings. The minimum absolute atomic E-state index is 0.568. The van der Waals surface area contributed by atoms with Crippen molar-refractivity contribution in [3.63, 3.8) is 0 Å². The molecule has 0 radical (unpaired) electrons. The molecule has 0 amide bonds. The van der Waals surface area contributed by atoms with Crippen LogP contribution in [0.3, 0.4) is 0 Å². The second-order valence-electron chi connectivity index (χ2n) is 3.83. The number of halogens is 1. The third-order valence-corrected chi connectivity index (χ3v) is 3.66. The Morgan fingerprint density at radius 3 is 2.74 bits per heavy atom. The number of hydrogen-bond acceptors (Lipinski definition) is 5. The lowest BCUT2D eigenvalue weighted by Gasteiger charge is -2.05. The van der Waals surface area contributed by atoms with Gasteiger partial charge in [0.1, 0.15) is 0 Å². The van der Waals surface area contributed by atoms with Gasteiger partial charge in [-0.3, -0.25) is 0 Å². The van der Waals surface area contributed by atoms with Crippen molar-refractivity contribution < 1.29 is 0 Å². The largest absolute Gasteiger partial charge is 0.380 e. The summed E-state index contributed by atoms with van der Waals surface area (Å²) in [5.41, 5.74) is 2.01. The van der Waals surface area contributed by atoms with Crippen molar-refractivity contribution in [1.82, 2.24) is 20.0 Å². The second kappa shape index (κ2) is 5.38. The molecule has 0 aliphatic heterocycles. The van der Waals surface area contributed by atoms with Crippen LogP contribution in [0.5, 0.6) is 0 Å². The van der Waals surface area contributed by atoms with Gasteiger partial charge in [-0.15, -0.1) is 16.4 Å². The van der Waals surface area contributed by atoms with Crippen molar-refractivity contribution in [2.75, 3.05) is 5.32 Å². The normalized spacial score (nSPS) is 10.6. The molecule has 0 unspecified atom stereocenters. The number of hydrogen-bond donors (Lipinski definition) is 1. The summed E-state index contributed by atoms with van der Waals surface area (Å²) in [7, 11) is 0. The summed E-state index contributed by atoms with van der Waals surface area (Å²) in [6, 6.07) is 7.96. The number of rotatable bonds is 4. The molecule has 0 atom stereocenters. The Morgan fingerprint density at radius 1 is 1.26 bits per heavy atom. The highest BCUT2D eigenvalue weighted by atomic mass is 35.5. The van der Waals surface area contributed by atoms with E-state index in [9.17, 15) is 0 Å². The fourth-order valence-electron chi connectivity index (χ4n) is 1.63. The van der Waals surface area contributed by atoms with E-state index in [0.717, 1.165) is 16.3 Å². The third-order valence-electron chi connectivity index (χ3n) is 2.55. The van der Waals surface area contributed by atoms with E-state index in [1.165, 1.54) is 11.3 Å². The van der Waals surface area contributed by atoms with Gasteiger partial charge in [-0.25, -0.2) is 9.67 Å². The van der Waals surface area contributed by atoms with Crippen LogP contribution in [0.25, 0.3) is 5.69 Å². The smallest absolute Gasteiger partial charge is 0.183 e. The Bertz CT molecular complexity index is 647. The summed E-state index contributed by atoms with van der Waals surface area (Å²) in [5, 5.41) is 11.0. The highest BCUT2D eigenvalue weighted by Gasteiger charge is 2.00. The van der Waals surface area contributed by atoms with Gasteiger partial charge in [0.2, 0.25) is 0 Å². The Balaban J connectivity index is 1.66. The molecule has 0 aliphatic rings. The molecule has 19 heavy (non-hydrogen) atoms. The maximum absolute atomic E-state index is 5.78. The van der Waals surface area contributed by atoms with Crippen LogP contribution in [0.2, 0.25) is 4.47 Å². The maximum atomic E-state index is 5.78. The molecule has 3 aromatic rings. The summed E-state index contributed by atoms with van der Waals surface area (Å²) in [4.78, 5) is 5.10. The fraction of sp³-hybridized carbons (Fsp3) is 0.0833. The van der Waals surface area contributed by atoms with Crippen LogP contribution in [-0.4, -0.2) is 20.0 Å². The van der Waals surface area contributed by atoms with Gasteiger partial charge >= 0.3 is 0 Å². The van der Waals surface area contributed by atoms with Gasteiger partial charge in [-0.2, -0.15) is 0 Å². The molecule has 1 N–H and O–H groups in total. The minimum atomic E-state index is 0.568. The van der Waals surface area contributed by atoms with Crippen molar-refractivity contribution >= 4 is 28.6 Å². The van der Waals surface area contributed by atoms with Gasteiger partial charge in [0.05, 0.1) is 24.6 Å². The summed E-state index contributed by atoms with van der Waals surface area (Å²) >= 11 is 7.26. The zero-order chi connectivity index (χ0) is 13.1. The number of nitrogens with zero attached hydrogens (tertiary/aromatic N) is 4. The number of thiazole rings is 1. The number of anilines is 1. The van der Waals surface area contributed by atoms with E-state index in [1.54, 1.807) is 17.1 Å². The lowest BCUT2D eigenvalue weighted by Crippen LogP contribution is -1.99. The lowest BCUT2D eigenvalue weighted by atomic mass is 10.3. The molecule has 0 bridgehead atoms. The SMILES string of the molecule is Clc1ncc(CNc2ccc(-n3ccnn3)cc2)s1. The summed E-state index contributed by atoms with van der Waals surface area (Å²) in [6.45, 7) is 0.715. The van der Waals surface area contributed by atoms with E-state index in [4.69, 9.17) is 11.6 Å². The monoisotopic (exact) mass is 291 g/mol. The van der Waals surface area contributed by atoms with Crippen molar-refractivity contribution in [2.45, 2.75) is 6.54 Å². The fourth-order valence-corrected chi connectivity index (χ4v) is 2.55. The van der Waals surface area contributed by atoms with Gasteiger partial charge in [-0.1, -0.05) is 16.8 Å². The molecule has 0 spiro atoms. The van der Waals surface area contributed by atoms with E-state index >= 15 is 0 Å². The average Bonchev–Trinajstić information content (AvgIpc) is 3.08. The predicted molar refractivity (Wildman–Crippen MR) is 75.8 cm³/mol. The second-order valence-corrected chi connectivity index (χ2v) is 5.52. The van der Waals surface area contributed by atoms with Crippen LogP contribution in [0.4, 0.5) is 5.69 Å².